The van der Waals surface area contributed by atoms with Gasteiger partial charge in [0.05, 0.1) is 18.0 Å². The predicted molar refractivity (Wildman–Crippen MR) is 117 cm³/mol. The zero-order valence-corrected chi connectivity index (χ0v) is 17.8. The molecule has 2 aromatic heterocycles. The van der Waals surface area contributed by atoms with Crippen molar-refractivity contribution in [1.29, 1.82) is 0 Å². The van der Waals surface area contributed by atoms with Gasteiger partial charge in [-0.15, -0.1) is 10.2 Å². The summed E-state index contributed by atoms with van der Waals surface area (Å²) in [5.74, 6) is 1.75. The number of pyridine rings is 1. The highest BCUT2D eigenvalue weighted by molar-refractivity contribution is 7.99. The fraction of sp³-hybridized carbons (Fsp3) is 0.364. The molecule has 0 radical (unpaired) electrons. The molecule has 1 aliphatic rings. The van der Waals surface area contributed by atoms with E-state index in [1.807, 2.05) is 47.9 Å². The number of hydrogen-bond donors (Lipinski definition) is 1. The monoisotopic (exact) mass is 423 g/mol. The summed E-state index contributed by atoms with van der Waals surface area (Å²) >= 11 is 1.38. The molecule has 0 spiro atoms. The zero-order valence-electron chi connectivity index (χ0n) is 17.0. The number of carbonyl (C=O) groups excluding carboxylic acids is 1. The van der Waals surface area contributed by atoms with Gasteiger partial charge in [-0.25, -0.2) is 0 Å². The van der Waals surface area contributed by atoms with Crippen molar-refractivity contribution in [2.75, 3.05) is 12.4 Å². The Kier molecular flexibility index (Phi) is 6.63. The Hall–Kier alpha value is -2.87. The maximum Gasteiger partial charge on any atom is 0.230 e. The standard InChI is InChI=1S/C22H25N5O2S/c1-2-29-19-10-6-5-9-18(19)27-21(16-11-13-23-14-12-16)25-26-22(27)30-15-20(28)24-17-7-3-4-8-17/h5-6,9-14,17H,2-4,7-8,15H2,1H3,(H,24,28). The molecule has 0 unspecified atom stereocenters. The average molecular weight is 424 g/mol. The SMILES string of the molecule is CCOc1ccccc1-n1c(SCC(=O)NC2CCCC2)nnc1-c1ccncc1. The molecule has 4 rings (SSSR count). The Bertz CT molecular complexity index is 986. The van der Waals surface area contributed by atoms with Crippen molar-refractivity contribution in [3.05, 3.63) is 48.8 Å². The van der Waals surface area contributed by atoms with E-state index in [2.05, 4.69) is 20.5 Å². The van der Waals surface area contributed by atoms with Crippen molar-refractivity contribution in [1.82, 2.24) is 25.1 Å². The van der Waals surface area contributed by atoms with Gasteiger partial charge < -0.3 is 10.1 Å². The molecule has 1 fully saturated rings. The largest absolute Gasteiger partial charge is 0.492 e. The predicted octanol–water partition coefficient (Wildman–Crippen LogP) is 3.88. The van der Waals surface area contributed by atoms with E-state index in [1.165, 1.54) is 24.6 Å². The highest BCUT2D eigenvalue weighted by Crippen LogP contribution is 2.32. The quantitative estimate of drug-likeness (QED) is 0.554. The molecule has 1 saturated carbocycles. The third-order valence-corrected chi connectivity index (χ3v) is 5.96. The molecule has 1 amide bonds. The molecule has 3 aromatic rings. The number of hydrogen-bond acceptors (Lipinski definition) is 6. The Balaban J connectivity index is 1.64. The van der Waals surface area contributed by atoms with Gasteiger partial charge in [0.25, 0.3) is 0 Å². The van der Waals surface area contributed by atoms with Gasteiger partial charge in [-0.05, 0) is 44.0 Å². The van der Waals surface area contributed by atoms with Crippen LogP contribution in [-0.4, -0.2) is 44.1 Å². The van der Waals surface area contributed by atoms with Crippen molar-refractivity contribution < 1.29 is 9.53 Å². The number of para-hydroxylation sites is 2. The van der Waals surface area contributed by atoms with Crippen LogP contribution in [0, 0.1) is 0 Å². The lowest BCUT2D eigenvalue weighted by Gasteiger charge is -2.15. The summed E-state index contributed by atoms with van der Waals surface area (Å²) in [5.41, 5.74) is 1.74. The van der Waals surface area contributed by atoms with Crippen LogP contribution in [0.2, 0.25) is 0 Å². The second-order valence-corrected chi connectivity index (χ2v) is 8.06. The number of rotatable bonds is 8. The first-order valence-electron chi connectivity index (χ1n) is 10.3. The van der Waals surface area contributed by atoms with Gasteiger partial charge in [-0.3, -0.25) is 14.3 Å². The van der Waals surface area contributed by atoms with Crippen LogP contribution in [0.3, 0.4) is 0 Å². The second-order valence-electron chi connectivity index (χ2n) is 7.12. The molecule has 1 N–H and O–H groups in total. The molecule has 2 heterocycles. The Morgan fingerprint density at radius 1 is 1.17 bits per heavy atom. The van der Waals surface area contributed by atoms with Gasteiger partial charge in [-0.2, -0.15) is 0 Å². The number of ether oxygens (including phenoxy) is 1. The third kappa shape index (κ3) is 4.64. The fourth-order valence-electron chi connectivity index (χ4n) is 3.66. The van der Waals surface area contributed by atoms with E-state index in [1.54, 1.807) is 12.4 Å². The van der Waals surface area contributed by atoms with E-state index >= 15 is 0 Å². The fourth-order valence-corrected chi connectivity index (χ4v) is 4.41. The summed E-state index contributed by atoms with van der Waals surface area (Å²) < 4.78 is 7.80. The van der Waals surface area contributed by atoms with E-state index in [9.17, 15) is 4.79 Å². The highest BCUT2D eigenvalue weighted by Gasteiger charge is 2.21. The molecular weight excluding hydrogens is 398 g/mol. The van der Waals surface area contributed by atoms with Crippen LogP contribution in [-0.2, 0) is 4.79 Å². The van der Waals surface area contributed by atoms with E-state index in [4.69, 9.17) is 4.74 Å². The van der Waals surface area contributed by atoms with Crippen LogP contribution < -0.4 is 10.1 Å². The topological polar surface area (TPSA) is 81.9 Å². The van der Waals surface area contributed by atoms with Gasteiger partial charge in [0, 0.05) is 24.0 Å². The average Bonchev–Trinajstić information content (AvgIpc) is 3.43. The lowest BCUT2D eigenvalue weighted by molar-refractivity contribution is -0.119. The zero-order chi connectivity index (χ0) is 20.8. The molecule has 1 aromatic carbocycles. The lowest BCUT2D eigenvalue weighted by Crippen LogP contribution is -2.33. The Morgan fingerprint density at radius 3 is 2.70 bits per heavy atom. The molecule has 8 heteroatoms. The van der Waals surface area contributed by atoms with Gasteiger partial charge in [0.1, 0.15) is 5.75 Å². The molecule has 0 bridgehead atoms. The highest BCUT2D eigenvalue weighted by atomic mass is 32.2. The third-order valence-electron chi connectivity index (χ3n) is 5.03. The Morgan fingerprint density at radius 2 is 1.93 bits per heavy atom. The second kappa shape index (κ2) is 9.75. The molecule has 0 atom stereocenters. The summed E-state index contributed by atoms with van der Waals surface area (Å²) in [6.45, 7) is 2.51. The lowest BCUT2D eigenvalue weighted by atomic mass is 10.2. The normalized spacial score (nSPS) is 14.0. The smallest absolute Gasteiger partial charge is 0.230 e. The molecule has 0 aliphatic heterocycles. The molecular formula is C22H25N5O2S. The van der Waals surface area contributed by atoms with Crippen molar-refractivity contribution in [3.63, 3.8) is 0 Å². The van der Waals surface area contributed by atoms with Crippen LogP contribution in [0.15, 0.2) is 53.9 Å². The number of aromatic nitrogens is 4. The van der Waals surface area contributed by atoms with Crippen LogP contribution in [0.5, 0.6) is 5.75 Å². The summed E-state index contributed by atoms with van der Waals surface area (Å²) in [6.07, 6.45) is 7.97. The minimum absolute atomic E-state index is 0.0324. The molecule has 7 nitrogen and oxygen atoms in total. The van der Waals surface area contributed by atoms with E-state index in [-0.39, 0.29) is 5.91 Å². The van der Waals surface area contributed by atoms with Crippen LogP contribution in [0.1, 0.15) is 32.6 Å². The maximum absolute atomic E-state index is 12.4. The summed E-state index contributed by atoms with van der Waals surface area (Å²) in [4.78, 5) is 16.5. The Labute approximate surface area is 180 Å². The van der Waals surface area contributed by atoms with Gasteiger partial charge in [0.15, 0.2) is 11.0 Å². The van der Waals surface area contributed by atoms with Gasteiger partial charge in [-0.1, -0.05) is 36.7 Å². The minimum atomic E-state index is 0.0324. The van der Waals surface area contributed by atoms with Crippen LogP contribution in [0.25, 0.3) is 17.1 Å². The van der Waals surface area contributed by atoms with Crippen LogP contribution in [0.4, 0.5) is 0 Å². The first-order valence-corrected chi connectivity index (χ1v) is 11.2. The first-order chi connectivity index (χ1) is 14.8. The number of amides is 1. The number of benzene rings is 1. The van der Waals surface area contributed by atoms with Gasteiger partial charge in [0.2, 0.25) is 5.91 Å². The summed E-state index contributed by atoms with van der Waals surface area (Å²) in [7, 11) is 0. The number of nitrogens with one attached hydrogen (secondary N) is 1. The van der Waals surface area contributed by atoms with Crippen molar-refractivity contribution in [2.45, 2.75) is 43.8 Å². The summed E-state index contributed by atoms with van der Waals surface area (Å²) in [6, 6.07) is 11.9. The molecule has 0 saturated heterocycles. The van der Waals surface area contributed by atoms with Crippen molar-refractivity contribution in [3.8, 4) is 22.8 Å². The van der Waals surface area contributed by atoms with E-state index < -0.39 is 0 Å². The maximum atomic E-state index is 12.4. The number of carbonyl (C=O) groups is 1. The van der Waals surface area contributed by atoms with E-state index in [0.717, 1.165) is 29.8 Å². The molecule has 156 valence electrons. The van der Waals surface area contributed by atoms with Crippen molar-refractivity contribution in [2.24, 2.45) is 0 Å². The van der Waals surface area contributed by atoms with Crippen molar-refractivity contribution >= 4 is 17.7 Å². The van der Waals surface area contributed by atoms with E-state index in [0.29, 0.717) is 29.4 Å². The summed E-state index contributed by atoms with van der Waals surface area (Å²) in [5, 5.41) is 12.6. The van der Waals surface area contributed by atoms with Gasteiger partial charge >= 0.3 is 0 Å². The van der Waals surface area contributed by atoms with Crippen LogP contribution >= 0.6 is 11.8 Å². The minimum Gasteiger partial charge on any atom is -0.492 e. The number of nitrogens with zero attached hydrogens (tertiary/aromatic N) is 4. The number of thioether (sulfide) groups is 1. The first kappa shape index (κ1) is 20.4. The molecule has 30 heavy (non-hydrogen) atoms. The molecule has 1 aliphatic carbocycles.